The van der Waals surface area contributed by atoms with Gasteiger partial charge in [0.2, 0.25) is 5.91 Å². The fraction of sp³-hybridized carbons (Fsp3) is 0.560. The van der Waals surface area contributed by atoms with Crippen LogP contribution in [-0.2, 0) is 4.79 Å². The third-order valence-corrected chi connectivity index (χ3v) is 6.11. The molecule has 1 aliphatic rings. The number of thioether (sulfide) groups is 1. The van der Waals surface area contributed by atoms with Crippen LogP contribution in [0.1, 0.15) is 69.7 Å². The molecule has 0 radical (unpaired) electrons. The van der Waals surface area contributed by atoms with Gasteiger partial charge in [-0.1, -0.05) is 39.2 Å². The summed E-state index contributed by atoms with van der Waals surface area (Å²) in [6.45, 7) is 6.58. The van der Waals surface area contributed by atoms with Crippen molar-refractivity contribution in [2.75, 3.05) is 31.3 Å². The van der Waals surface area contributed by atoms with E-state index < -0.39 is 0 Å². The van der Waals surface area contributed by atoms with Gasteiger partial charge in [-0.2, -0.15) is 0 Å². The van der Waals surface area contributed by atoms with E-state index >= 15 is 0 Å². The standard InChI is InChI=1S/C23H34N4O3S.C2H6/c1-3-14-31-16-22(29)26-17-25-21-15-18(10-11-20(21)24-12-7-13-28)23(30)27(2)19-8-5-4-6-9-19;1-2/h3,10-11,14-15,17,19,24,28H,4-9,12-13,16H2,1-2H3,(H,25,26,29);1-2H3/b14-3-;. The van der Waals surface area contributed by atoms with E-state index in [0.717, 1.165) is 31.4 Å². The lowest BCUT2D eigenvalue weighted by Crippen LogP contribution is -2.38. The Morgan fingerprint density at radius 1 is 1.24 bits per heavy atom. The number of carbonyl (C=O) groups excluding carboxylic acids is 2. The first kappa shape index (κ1) is 28.7. The number of hydrogen-bond donors (Lipinski definition) is 3. The molecular weight excluding hydrogens is 436 g/mol. The Balaban J connectivity index is 0.00000265. The van der Waals surface area contributed by atoms with Gasteiger partial charge in [-0.15, -0.1) is 11.8 Å². The van der Waals surface area contributed by atoms with Crippen LogP contribution < -0.4 is 10.6 Å². The number of nitrogens with one attached hydrogen (secondary N) is 2. The maximum atomic E-state index is 13.0. The molecule has 0 aromatic heterocycles. The van der Waals surface area contributed by atoms with Crippen LogP contribution in [0, 0.1) is 0 Å². The smallest absolute Gasteiger partial charge is 0.253 e. The topological polar surface area (TPSA) is 94.0 Å². The van der Waals surface area contributed by atoms with E-state index in [1.807, 2.05) is 50.3 Å². The molecule has 2 rings (SSSR count). The lowest BCUT2D eigenvalue weighted by Gasteiger charge is -2.31. The highest BCUT2D eigenvalue weighted by Gasteiger charge is 2.23. The second-order valence-corrected chi connectivity index (χ2v) is 8.44. The van der Waals surface area contributed by atoms with Crippen LogP contribution in [0.3, 0.4) is 0 Å². The summed E-state index contributed by atoms with van der Waals surface area (Å²) in [5, 5.41) is 16.8. The van der Waals surface area contributed by atoms with Gasteiger partial charge in [-0.25, -0.2) is 4.99 Å². The first-order valence-electron chi connectivity index (χ1n) is 11.9. The van der Waals surface area contributed by atoms with Crippen LogP contribution in [-0.4, -0.2) is 60.2 Å². The molecule has 3 N–H and O–H groups in total. The number of allylic oxidation sites excluding steroid dienone is 1. The zero-order chi connectivity index (χ0) is 24.5. The van der Waals surface area contributed by atoms with Crippen molar-refractivity contribution in [3.8, 4) is 0 Å². The number of anilines is 1. The molecule has 184 valence electrons. The summed E-state index contributed by atoms with van der Waals surface area (Å²) in [5.74, 6) is 0.144. The van der Waals surface area contributed by atoms with Crippen molar-refractivity contribution < 1.29 is 14.7 Å². The molecule has 1 aromatic carbocycles. The van der Waals surface area contributed by atoms with Crippen molar-refractivity contribution >= 4 is 41.3 Å². The first-order chi connectivity index (χ1) is 16.1. The van der Waals surface area contributed by atoms with Gasteiger partial charge in [0.15, 0.2) is 0 Å². The van der Waals surface area contributed by atoms with Gasteiger partial charge in [0.25, 0.3) is 5.91 Å². The molecule has 0 unspecified atom stereocenters. The Labute approximate surface area is 203 Å². The highest BCUT2D eigenvalue weighted by molar-refractivity contribution is 8.02. The molecule has 0 bridgehead atoms. The van der Waals surface area contributed by atoms with Gasteiger partial charge in [0.1, 0.15) is 0 Å². The number of nitrogens with zero attached hydrogens (tertiary/aromatic N) is 2. The molecular formula is C25H40N4O3S. The van der Waals surface area contributed by atoms with Gasteiger partial charge in [0.05, 0.1) is 23.5 Å². The van der Waals surface area contributed by atoms with E-state index in [1.165, 1.54) is 24.5 Å². The molecule has 8 heteroatoms. The molecule has 1 saturated carbocycles. The van der Waals surface area contributed by atoms with Crippen molar-refractivity contribution in [1.29, 1.82) is 0 Å². The minimum Gasteiger partial charge on any atom is -0.396 e. The van der Waals surface area contributed by atoms with Crippen LogP contribution in [0.4, 0.5) is 11.4 Å². The largest absolute Gasteiger partial charge is 0.396 e. The van der Waals surface area contributed by atoms with Crippen LogP contribution in [0.2, 0.25) is 0 Å². The van der Waals surface area contributed by atoms with Gasteiger partial charge < -0.3 is 20.6 Å². The van der Waals surface area contributed by atoms with Gasteiger partial charge in [-0.3, -0.25) is 9.59 Å². The highest BCUT2D eigenvalue weighted by atomic mass is 32.2. The van der Waals surface area contributed by atoms with E-state index in [-0.39, 0.29) is 24.5 Å². The Kier molecular flexibility index (Phi) is 15.0. The number of aliphatic hydroxyl groups excluding tert-OH is 1. The second kappa shape index (κ2) is 17.2. The summed E-state index contributed by atoms with van der Waals surface area (Å²) in [4.78, 5) is 31.2. The van der Waals surface area contributed by atoms with Crippen LogP contribution in [0.5, 0.6) is 0 Å². The molecule has 1 fully saturated rings. The Morgan fingerprint density at radius 2 is 1.97 bits per heavy atom. The summed E-state index contributed by atoms with van der Waals surface area (Å²) in [6, 6.07) is 5.66. The monoisotopic (exact) mass is 476 g/mol. The van der Waals surface area contributed by atoms with E-state index in [0.29, 0.717) is 30.0 Å². The highest BCUT2D eigenvalue weighted by Crippen LogP contribution is 2.28. The van der Waals surface area contributed by atoms with Crippen molar-refractivity contribution in [1.82, 2.24) is 10.2 Å². The fourth-order valence-corrected chi connectivity index (χ4v) is 4.02. The molecule has 0 atom stereocenters. The zero-order valence-electron chi connectivity index (χ0n) is 20.5. The number of benzene rings is 1. The average Bonchev–Trinajstić information content (AvgIpc) is 2.86. The van der Waals surface area contributed by atoms with E-state index in [9.17, 15) is 9.59 Å². The lowest BCUT2D eigenvalue weighted by atomic mass is 9.94. The molecule has 33 heavy (non-hydrogen) atoms. The second-order valence-electron chi connectivity index (χ2n) is 7.55. The normalized spacial score (nSPS) is 14.1. The quantitative estimate of drug-likeness (QED) is 0.239. The van der Waals surface area contributed by atoms with E-state index in [1.54, 1.807) is 12.1 Å². The molecule has 0 aliphatic heterocycles. The lowest BCUT2D eigenvalue weighted by molar-refractivity contribution is -0.117. The summed E-state index contributed by atoms with van der Waals surface area (Å²) < 4.78 is 0. The predicted octanol–water partition coefficient (Wildman–Crippen LogP) is 4.95. The molecule has 2 amide bonds. The minimum absolute atomic E-state index is 0.0166. The fourth-order valence-electron chi connectivity index (χ4n) is 3.50. The molecule has 0 spiro atoms. The molecule has 7 nitrogen and oxygen atoms in total. The predicted molar refractivity (Wildman–Crippen MR) is 141 cm³/mol. The number of aliphatic hydroxyl groups is 1. The summed E-state index contributed by atoms with van der Waals surface area (Å²) in [7, 11) is 1.87. The Bertz CT molecular complexity index is 777. The van der Waals surface area contributed by atoms with Gasteiger partial charge in [-0.05, 0) is 49.8 Å². The third kappa shape index (κ3) is 10.4. The number of aliphatic imine (C=N–C) groups is 1. The Morgan fingerprint density at radius 3 is 2.64 bits per heavy atom. The summed E-state index contributed by atoms with van der Waals surface area (Å²) in [6.07, 6.45) is 9.51. The van der Waals surface area contributed by atoms with Crippen LogP contribution >= 0.6 is 11.8 Å². The number of amides is 2. The van der Waals surface area contributed by atoms with Crippen molar-refractivity contribution in [2.24, 2.45) is 4.99 Å². The molecule has 1 aromatic rings. The molecule has 0 saturated heterocycles. The van der Waals surface area contributed by atoms with Crippen molar-refractivity contribution in [2.45, 2.75) is 65.3 Å². The number of rotatable bonds is 11. The molecule has 1 aliphatic carbocycles. The maximum Gasteiger partial charge on any atom is 0.253 e. The van der Waals surface area contributed by atoms with Crippen molar-refractivity contribution in [3.05, 3.63) is 35.2 Å². The number of hydrogen-bond acceptors (Lipinski definition) is 6. The first-order valence-corrected chi connectivity index (χ1v) is 12.9. The van der Waals surface area contributed by atoms with Gasteiger partial charge >= 0.3 is 0 Å². The summed E-state index contributed by atoms with van der Waals surface area (Å²) >= 11 is 1.41. The van der Waals surface area contributed by atoms with Crippen LogP contribution in [0.25, 0.3) is 0 Å². The third-order valence-electron chi connectivity index (χ3n) is 5.21. The zero-order valence-corrected chi connectivity index (χ0v) is 21.3. The summed E-state index contributed by atoms with van der Waals surface area (Å²) in [5.41, 5.74) is 1.89. The minimum atomic E-state index is -0.147. The average molecular weight is 477 g/mol. The van der Waals surface area contributed by atoms with Gasteiger partial charge in [0, 0.05) is 31.8 Å². The number of carbonyl (C=O) groups is 2. The van der Waals surface area contributed by atoms with E-state index in [4.69, 9.17) is 5.11 Å². The molecule has 0 heterocycles. The van der Waals surface area contributed by atoms with E-state index in [2.05, 4.69) is 15.6 Å². The maximum absolute atomic E-state index is 13.0. The Hall–Kier alpha value is -2.32. The van der Waals surface area contributed by atoms with Crippen LogP contribution in [0.15, 0.2) is 34.7 Å². The SMILES string of the molecule is C/C=C\SCC(=O)NC=Nc1cc(C(=O)N(C)C2CCCCC2)ccc1NCCCO.CC. The van der Waals surface area contributed by atoms with Crippen molar-refractivity contribution in [3.63, 3.8) is 0 Å².